The van der Waals surface area contributed by atoms with Gasteiger partial charge in [-0.2, -0.15) is 13.2 Å². The molecule has 4 rings (SSSR count). The zero-order valence-corrected chi connectivity index (χ0v) is 19.0. The molecule has 4 amide bonds. The number of hydrogen-bond donors (Lipinski definition) is 4. The van der Waals surface area contributed by atoms with Crippen LogP contribution in [0.25, 0.3) is 0 Å². The molecule has 2 aliphatic carbocycles. The van der Waals surface area contributed by atoms with Crippen LogP contribution in [0.3, 0.4) is 0 Å². The fourth-order valence-electron chi connectivity index (χ4n) is 4.08. The standard InChI is InChI=1S/C23H24F4N4O5/c24-12-1-4-15(31-21(36)22(6-7-22)23(25,26)27)14(10-12)19(34)30-16(9-11-5-8-28-18(11)33)17(32)20(35)29-13-2-3-13/h1,4,10-11,13,16H,2-3,5-9H2,(H,28,33)(H,29,35)(H,30,34)(H,31,36)/t11-,16-/m0/s1. The fraction of sp³-hybridized carbons (Fsp3) is 0.522. The summed E-state index contributed by atoms with van der Waals surface area (Å²) in [5.74, 6) is -6.38. The maximum Gasteiger partial charge on any atom is 0.403 e. The van der Waals surface area contributed by atoms with Gasteiger partial charge in [0.15, 0.2) is 0 Å². The molecule has 0 unspecified atom stereocenters. The first-order valence-electron chi connectivity index (χ1n) is 11.5. The van der Waals surface area contributed by atoms with Crippen LogP contribution in [0, 0.1) is 17.2 Å². The lowest BCUT2D eigenvalue weighted by Crippen LogP contribution is -2.49. The molecule has 1 heterocycles. The van der Waals surface area contributed by atoms with Gasteiger partial charge in [0, 0.05) is 18.5 Å². The lowest BCUT2D eigenvalue weighted by Gasteiger charge is -2.22. The highest BCUT2D eigenvalue weighted by molar-refractivity contribution is 6.38. The van der Waals surface area contributed by atoms with Crippen LogP contribution in [0.4, 0.5) is 23.2 Å². The summed E-state index contributed by atoms with van der Waals surface area (Å²) in [7, 11) is 0. The van der Waals surface area contributed by atoms with Crippen LogP contribution in [0.5, 0.6) is 0 Å². The number of alkyl halides is 3. The molecule has 0 spiro atoms. The van der Waals surface area contributed by atoms with Crippen molar-refractivity contribution in [3.63, 3.8) is 0 Å². The Bertz CT molecular complexity index is 1110. The van der Waals surface area contributed by atoms with E-state index < -0.39 is 71.3 Å². The van der Waals surface area contributed by atoms with Crippen molar-refractivity contribution in [2.45, 2.75) is 56.8 Å². The van der Waals surface area contributed by atoms with Crippen LogP contribution in [0.15, 0.2) is 18.2 Å². The molecule has 0 radical (unpaired) electrons. The molecule has 1 aliphatic heterocycles. The van der Waals surface area contributed by atoms with E-state index in [1.54, 1.807) is 0 Å². The predicted octanol–water partition coefficient (Wildman–Crippen LogP) is 1.58. The number of carbonyl (C=O) groups is 5. The van der Waals surface area contributed by atoms with Crippen molar-refractivity contribution < 1.29 is 41.5 Å². The Morgan fingerprint density at radius 1 is 1.11 bits per heavy atom. The van der Waals surface area contributed by atoms with E-state index >= 15 is 0 Å². The number of amides is 4. The van der Waals surface area contributed by atoms with Gasteiger partial charge in [-0.3, -0.25) is 24.0 Å². The number of hydrogen-bond acceptors (Lipinski definition) is 5. The number of benzene rings is 1. The van der Waals surface area contributed by atoms with Crippen molar-refractivity contribution in [2.24, 2.45) is 11.3 Å². The van der Waals surface area contributed by atoms with E-state index in [-0.39, 0.29) is 24.1 Å². The molecule has 36 heavy (non-hydrogen) atoms. The molecule has 3 fully saturated rings. The fourth-order valence-corrected chi connectivity index (χ4v) is 4.08. The number of nitrogens with one attached hydrogen (secondary N) is 4. The molecule has 1 saturated heterocycles. The summed E-state index contributed by atoms with van der Waals surface area (Å²) in [4.78, 5) is 62.6. The topological polar surface area (TPSA) is 133 Å². The monoisotopic (exact) mass is 512 g/mol. The van der Waals surface area contributed by atoms with Crippen molar-refractivity contribution in [1.29, 1.82) is 0 Å². The third kappa shape index (κ3) is 5.34. The largest absolute Gasteiger partial charge is 0.403 e. The van der Waals surface area contributed by atoms with E-state index in [2.05, 4.69) is 21.3 Å². The van der Waals surface area contributed by atoms with Crippen molar-refractivity contribution in [1.82, 2.24) is 16.0 Å². The molecular weight excluding hydrogens is 488 g/mol. The van der Waals surface area contributed by atoms with Crippen LogP contribution in [0.1, 0.15) is 48.9 Å². The third-order valence-electron chi connectivity index (χ3n) is 6.64. The number of anilines is 1. The minimum absolute atomic E-state index is 0.152. The van der Waals surface area contributed by atoms with Crippen LogP contribution in [-0.4, -0.2) is 54.2 Å². The number of ketones is 1. The van der Waals surface area contributed by atoms with Gasteiger partial charge in [-0.15, -0.1) is 0 Å². The molecule has 4 N–H and O–H groups in total. The van der Waals surface area contributed by atoms with Crippen LogP contribution in [0.2, 0.25) is 0 Å². The Labute approximate surface area is 202 Å². The maximum atomic E-state index is 14.0. The summed E-state index contributed by atoms with van der Waals surface area (Å²) in [6.07, 6.45) is -4.07. The maximum absolute atomic E-state index is 14.0. The molecule has 194 valence electrons. The van der Waals surface area contributed by atoms with Gasteiger partial charge in [0.25, 0.3) is 11.8 Å². The molecule has 2 saturated carbocycles. The average molecular weight is 512 g/mol. The predicted molar refractivity (Wildman–Crippen MR) is 116 cm³/mol. The smallest absolute Gasteiger partial charge is 0.356 e. The van der Waals surface area contributed by atoms with E-state index in [9.17, 15) is 41.5 Å². The summed E-state index contributed by atoms with van der Waals surface area (Å²) in [5, 5.41) is 9.46. The second kappa shape index (κ2) is 9.51. The number of rotatable bonds is 9. The van der Waals surface area contributed by atoms with Crippen molar-refractivity contribution in [2.75, 3.05) is 11.9 Å². The van der Waals surface area contributed by atoms with Crippen molar-refractivity contribution >= 4 is 35.1 Å². The third-order valence-corrected chi connectivity index (χ3v) is 6.64. The molecule has 9 nitrogen and oxygen atoms in total. The first-order chi connectivity index (χ1) is 16.9. The van der Waals surface area contributed by atoms with Gasteiger partial charge >= 0.3 is 6.18 Å². The second-order valence-corrected chi connectivity index (χ2v) is 9.37. The van der Waals surface area contributed by atoms with Gasteiger partial charge in [0.2, 0.25) is 17.6 Å². The molecule has 1 aromatic rings. The zero-order valence-electron chi connectivity index (χ0n) is 19.0. The van der Waals surface area contributed by atoms with Crippen LogP contribution < -0.4 is 21.3 Å². The Balaban J connectivity index is 1.54. The summed E-state index contributed by atoms with van der Waals surface area (Å²) >= 11 is 0. The zero-order chi connectivity index (χ0) is 26.3. The quantitative estimate of drug-likeness (QED) is 0.295. The van der Waals surface area contributed by atoms with E-state index in [1.807, 2.05) is 0 Å². The van der Waals surface area contributed by atoms with Crippen LogP contribution in [-0.2, 0) is 19.2 Å². The molecule has 2 atom stereocenters. The van der Waals surface area contributed by atoms with E-state index in [0.29, 0.717) is 31.9 Å². The Morgan fingerprint density at radius 3 is 2.36 bits per heavy atom. The summed E-state index contributed by atoms with van der Waals surface area (Å²) < 4.78 is 53.9. The van der Waals surface area contributed by atoms with Gasteiger partial charge in [0.1, 0.15) is 11.2 Å². The van der Waals surface area contributed by atoms with Crippen LogP contribution >= 0.6 is 0 Å². The van der Waals surface area contributed by atoms with E-state index in [1.165, 1.54) is 0 Å². The Morgan fingerprint density at radius 2 is 1.81 bits per heavy atom. The lowest BCUT2D eigenvalue weighted by atomic mass is 9.95. The molecule has 1 aromatic carbocycles. The Kier molecular flexibility index (Phi) is 6.76. The highest BCUT2D eigenvalue weighted by atomic mass is 19.4. The van der Waals surface area contributed by atoms with Gasteiger partial charge in [-0.1, -0.05) is 0 Å². The number of Topliss-reactive ketones (excluding diaryl/α,β-unsaturated/α-hetero) is 1. The number of halogens is 4. The van der Waals surface area contributed by atoms with Crippen molar-refractivity contribution in [3.8, 4) is 0 Å². The Hall–Kier alpha value is -3.51. The molecule has 0 aromatic heterocycles. The average Bonchev–Trinajstić information content (AvgIpc) is 3.73. The SMILES string of the molecule is O=C(NC1CC1)C(=O)[C@H](C[C@@H]1CCNC1=O)NC(=O)c1cc(F)ccc1NC(=O)C1(C(F)(F)F)CC1. The molecule has 3 aliphatic rings. The highest BCUT2D eigenvalue weighted by Crippen LogP contribution is 2.58. The normalized spacial score (nSPS) is 21.2. The van der Waals surface area contributed by atoms with Gasteiger partial charge in [-0.25, -0.2) is 4.39 Å². The van der Waals surface area contributed by atoms with Gasteiger partial charge in [0.05, 0.1) is 17.3 Å². The summed E-state index contributed by atoms with van der Waals surface area (Å²) in [6, 6.07) is 0.888. The second-order valence-electron chi connectivity index (χ2n) is 9.37. The molecular formula is C23H24F4N4O5. The summed E-state index contributed by atoms with van der Waals surface area (Å²) in [5.41, 5.74) is -3.50. The molecule has 13 heteroatoms. The van der Waals surface area contributed by atoms with Gasteiger partial charge < -0.3 is 21.3 Å². The lowest BCUT2D eigenvalue weighted by molar-refractivity contribution is -0.189. The van der Waals surface area contributed by atoms with Crippen molar-refractivity contribution in [3.05, 3.63) is 29.6 Å². The first kappa shape index (κ1) is 25.6. The minimum Gasteiger partial charge on any atom is -0.356 e. The van der Waals surface area contributed by atoms with Gasteiger partial charge in [-0.05, 0) is 56.7 Å². The highest BCUT2D eigenvalue weighted by Gasteiger charge is 2.68. The first-order valence-corrected chi connectivity index (χ1v) is 11.5. The molecule has 0 bridgehead atoms. The summed E-state index contributed by atoms with van der Waals surface area (Å²) in [6.45, 7) is 0.355. The minimum atomic E-state index is -4.80. The number of carbonyl (C=O) groups excluding carboxylic acids is 5. The van der Waals surface area contributed by atoms with E-state index in [0.717, 1.165) is 12.1 Å². The van der Waals surface area contributed by atoms with E-state index in [4.69, 9.17) is 0 Å².